The fourth-order valence-electron chi connectivity index (χ4n) is 2.60. The van der Waals surface area contributed by atoms with Crippen molar-refractivity contribution in [3.63, 3.8) is 0 Å². The average molecular weight is 479 g/mol. The van der Waals surface area contributed by atoms with Crippen LogP contribution < -0.4 is 15.6 Å². The number of nitrogens with one attached hydrogen (secondary N) is 2. The lowest BCUT2D eigenvalue weighted by atomic mass is 10.1. The summed E-state index contributed by atoms with van der Waals surface area (Å²) < 4.78 is 29.1. The molecule has 0 unspecified atom stereocenters. The predicted molar refractivity (Wildman–Crippen MR) is 120 cm³/mol. The van der Waals surface area contributed by atoms with E-state index in [2.05, 4.69) is 21.7 Å². The summed E-state index contributed by atoms with van der Waals surface area (Å²) >= 11 is 11.6. The van der Waals surface area contributed by atoms with Gasteiger partial charge in [0.15, 0.2) is 0 Å². The van der Waals surface area contributed by atoms with E-state index in [-0.39, 0.29) is 32.7 Å². The van der Waals surface area contributed by atoms with Crippen molar-refractivity contribution < 1.29 is 13.2 Å². The normalized spacial score (nSPS) is 11.0. The number of rotatable bonds is 7. The van der Waals surface area contributed by atoms with E-state index in [9.17, 15) is 18.0 Å². The number of aromatic nitrogens is 2. The van der Waals surface area contributed by atoms with Crippen molar-refractivity contribution in [2.75, 3.05) is 11.3 Å². The molecule has 2 N–H and O–H groups in total. The summed E-state index contributed by atoms with van der Waals surface area (Å²) in [4.78, 5) is 24.4. The number of nitrogens with zero attached hydrogens (tertiary/aromatic N) is 2. The largest absolute Gasteiger partial charge is 0.349 e. The standard InChI is InChI=1S/C20H16Cl2N4O4S/c1-2-11-23-19(27)15-5-3-4-6-17(15)25-31(29,30)14-9-7-13(8-10-14)26-20(28)18(22)16(21)12-24-26/h2-10,12,25H,1,11H2,(H,23,27). The van der Waals surface area contributed by atoms with E-state index in [1.807, 2.05) is 0 Å². The van der Waals surface area contributed by atoms with Crippen molar-refractivity contribution in [3.05, 3.63) is 93.3 Å². The molecule has 0 saturated carbocycles. The van der Waals surface area contributed by atoms with Crippen molar-refractivity contribution >= 4 is 44.8 Å². The van der Waals surface area contributed by atoms with Crippen molar-refractivity contribution in [3.8, 4) is 5.69 Å². The molecule has 2 aromatic carbocycles. The summed E-state index contributed by atoms with van der Waals surface area (Å²) in [7, 11) is -4.02. The summed E-state index contributed by atoms with van der Waals surface area (Å²) in [6.07, 6.45) is 2.73. The Hall–Kier alpha value is -3.14. The minimum atomic E-state index is -4.02. The van der Waals surface area contributed by atoms with Crippen molar-refractivity contribution in [1.82, 2.24) is 15.1 Å². The first-order valence-electron chi connectivity index (χ1n) is 8.79. The Bertz CT molecular complexity index is 1310. The Balaban J connectivity index is 1.89. The second-order valence-electron chi connectivity index (χ2n) is 6.17. The number of hydrogen-bond acceptors (Lipinski definition) is 5. The molecular formula is C20H16Cl2N4O4S. The maximum absolute atomic E-state index is 12.8. The third kappa shape index (κ3) is 4.96. The van der Waals surface area contributed by atoms with Gasteiger partial charge in [-0.25, -0.2) is 8.42 Å². The van der Waals surface area contributed by atoms with Crippen LogP contribution >= 0.6 is 23.2 Å². The topological polar surface area (TPSA) is 110 Å². The van der Waals surface area contributed by atoms with Gasteiger partial charge in [-0.3, -0.25) is 14.3 Å². The van der Waals surface area contributed by atoms with E-state index in [1.165, 1.54) is 48.7 Å². The highest BCUT2D eigenvalue weighted by atomic mass is 35.5. The van der Waals surface area contributed by atoms with Crippen LogP contribution in [0.25, 0.3) is 5.69 Å². The van der Waals surface area contributed by atoms with Gasteiger partial charge in [-0.05, 0) is 36.4 Å². The van der Waals surface area contributed by atoms with Gasteiger partial charge in [0.25, 0.3) is 21.5 Å². The molecule has 11 heteroatoms. The number of carbonyl (C=O) groups excluding carboxylic acids is 1. The van der Waals surface area contributed by atoms with E-state index in [1.54, 1.807) is 12.1 Å². The molecule has 0 spiro atoms. The molecule has 0 bridgehead atoms. The summed E-state index contributed by atoms with van der Waals surface area (Å²) in [5.41, 5.74) is -0.0549. The zero-order chi connectivity index (χ0) is 22.6. The molecule has 0 atom stereocenters. The van der Waals surface area contributed by atoms with Crippen molar-refractivity contribution in [1.29, 1.82) is 0 Å². The minimum Gasteiger partial charge on any atom is -0.349 e. The molecule has 3 rings (SSSR count). The smallest absolute Gasteiger partial charge is 0.291 e. The molecule has 160 valence electrons. The minimum absolute atomic E-state index is 0.0158. The number of anilines is 1. The van der Waals surface area contributed by atoms with Crippen LogP contribution in [0.4, 0.5) is 5.69 Å². The molecule has 0 aliphatic carbocycles. The molecule has 1 aromatic heterocycles. The van der Waals surface area contributed by atoms with Crippen LogP contribution in [-0.4, -0.2) is 30.7 Å². The van der Waals surface area contributed by atoms with Gasteiger partial charge in [0, 0.05) is 6.54 Å². The highest BCUT2D eigenvalue weighted by molar-refractivity contribution is 7.92. The lowest BCUT2D eigenvalue weighted by Gasteiger charge is -2.13. The number of sulfonamides is 1. The third-order valence-corrected chi connectivity index (χ3v) is 6.22. The van der Waals surface area contributed by atoms with Crippen LogP contribution in [-0.2, 0) is 10.0 Å². The van der Waals surface area contributed by atoms with Crippen molar-refractivity contribution in [2.45, 2.75) is 4.90 Å². The second-order valence-corrected chi connectivity index (χ2v) is 8.63. The van der Waals surface area contributed by atoms with E-state index in [0.29, 0.717) is 5.69 Å². The van der Waals surface area contributed by atoms with E-state index in [0.717, 1.165) is 4.68 Å². The molecule has 1 amide bonds. The zero-order valence-corrected chi connectivity index (χ0v) is 18.2. The first-order chi connectivity index (χ1) is 14.7. The van der Waals surface area contributed by atoms with Gasteiger partial charge in [0.2, 0.25) is 0 Å². The summed E-state index contributed by atoms with van der Waals surface area (Å²) in [6.45, 7) is 3.77. The van der Waals surface area contributed by atoms with Gasteiger partial charge in [-0.15, -0.1) is 6.58 Å². The molecule has 8 nitrogen and oxygen atoms in total. The van der Waals surface area contributed by atoms with Crippen LogP contribution in [0.5, 0.6) is 0 Å². The monoisotopic (exact) mass is 478 g/mol. The number of amides is 1. The fraction of sp³-hybridized carbons (Fsp3) is 0.0500. The summed E-state index contributed by atoms with van der Waals surface area (Å²) in [5, 5.41) is 6.32. The SMILES string of the molecule is C=CCNC(=O)c1ccccc1NS(=O)(=O)c1ccc(-n2ncc(Cl)c(Cl)c2=O)cc1. The van der Waals surface area contributed by atoms with Crippen LogP contribution in [0.15, 0.2) is 77.1 Å². The van der Waals surface area contributed by atoms with Gasteiger partial charge in [-0.1, -0.05) is 41.4 Å². The fourth-order valence-corrected chi connectivity index (χ4v) is 3.93. The number of para-hydroxylation sites is 1. The molecule has 0 saturated heterocycles. The lowest BCUT2D eigenvalue weighted by molar-refractivity contribution is 0.0959. The Morgan fingerprint density at radius 1 is 1.13 bits per heavy atom. The number of benzene rings is 2. The van der Waals surface area contributed by atoms with Crippen LogP contribution in [0, 0.1) is 0 Å². The first-order valence-corrected chi connectivity index (χ1v) is 11.0. The quantitative estimate of drug-likeness (QED) is 0.506. The van der Waals surface area contributed by atoms with Crippen LogP contribution in [0.2, 0.25) is 10.0 Å². The highest BCUT2D eigenvalue weighted by Crippen LogP contribution is 2.21. The predicted octanol–water partition coefficient (Wildman–Crippen LogP) is 3.26. The molecule has 31 heavy (non-hydrogen) atoms. The summed E-state index contributed by atoms with van der Waals surface area (Å²) in [6, 6.07) is 11.6. The van der Waals surface area contributed by atoms with E-state index >= 15 is 0 Å². The molecule has 0 fully saturated rings. The molecule has 1 heterocycles. The van der Waals surface area contributed by atoms with Gasteiger partial charge >= 0.3 is 0 Å². The Morgan fingerprint density at radius 3 is 2.48 bits per heavy atom. The third-order valence-electron chi connectivity index (χ3n) is 4.09. The highest BCUT2D eigenvalue weighted by Gasteiger charge is 2.19. The number of halogens is 2. The molecular weight excluding hydrogens is 463 g/mol. The Kier molecular flexibility index (Phi) is 6.79. The lowest BCUT2D eigenvalue weighted by Crippen LogP contribution is -2.25. The maximum atomic E-state index is 12.8. The Labute approximate surface area is 188 Å². The molecule has 0 radical (unpaired) electrons. The number of carbonyl (C=O) groups is 1. The maximum Gasteiger partial charge on any atom is 0.291 e. The van der Waals surface area contributed by atoms with E-state index < -0.39 is 21.5 Å². The molecule has 0 aliphatic rings. The molecule has 0 aliphatic heterocycles. The van der Waals surface area contributed by atoms with Crippen molar-refractivity contribution in [2.24, 2.45) is 0 Å². The van der Waals surface area contributed by atoms with Gasteiger partial charge in [-0.2, -0.15) is 9.78 Å². The van der Waals surface area contributed by atoms with Gasteiger partial charge in [0.05, 0.1) is 33.1 Å². The summed E-state index contributed by atoms with van der Waals surface area (Å²) in [5.74, 6) is -0.446. The number of hydrogen-bond donors (Lipinski definition) is 2. The molecule has 3 aromatic rings. The first kappa shape index (κ1) is 22.5. The van der Waals surface area contributed by atoms with Gasteiger partial charge < -0.3 is 5.32 Å². The van der Waals surface area contributed by atoms with Crippen LogP contribution in [0.1, 0.15) is 10.4 Å². The van der Waals surface area contributed by atoms with E-state index in [4.69, 9.17) is 23.2 Å². The second kappa shape index (κ2) is 9.34. The Morgan fingerprint density at radius 2 is 1.81 bits per heavy atom. The zero-order valence-electron chi connectivity index (χ0n) is 15.9. The van der Waals surface area contributed by atoms with Gasteiger partial charge in [0.1, 0.15) is 5.02 Å². The van der Waals surface area contributed by atoms with Crippen LogP contribution in [0.3, 0.4) is 0 Å². The average Bonchev–Trinajstić information content (AvgIpc) is 2.76.